The molecule has 4 rings (SSSR count). The molecule has 6 nitrogen and oxygen atoms in total. The summed E-state index contributed by atoms with van der Waals surface area (Å²) in [6, 6.07) is 9.60. The number of para-hydroxylation sites is 1. The fourth-order valence-electron chi connectivity index (χ4n) is 4.22. The van der Waals surface area contributed by atoms with Crippen molar-refractivity contribution in [2.24, 2.45) is 11.8 Å². The third-order valence-electron chi connectivity index (χ3n) is 6.17. The van der Waals surface area contributed by atoms with Crippen LogP contribution < -0.4 is 10.2 Å². The maximum atomic E-state index is 12.6. The van der Waals surface area contributed by atoms with Gasteiger partial charge in [0.2, 0.25) is 17.7 Å². The number of carbonyl (C=O) groups is 3. The van der Waals surface area contributed by atoms with Crippen molar-refractivity contribution in [3.8, 4) is 0 Å². The number of hydrogen-bond donors (Lipinski definition) is 1. The van der Waals surface area contributed by atoms with Crippen molar-refractivity contribution in [3.05, 3.63) is 30.3 Å². The van der Waals surface area contributed by atoms with E-state index in [9.17, 15) is 14.4 Å². The molecule has 0 spiro atoms. The second-order valence-corrected chi connectivity index (χ2v) is 7.98. The van der Waals surface area contributed by atoms with Crippen LogP contribution in [-0.4, -0.2) is 48.3 Å². The number of carbonyl (C=O) groups excluding carboxylic acids is 3. The van der Waals surface area contributed by atoms with E-state index in [1.54, 1.807) is 4.90 Å². The molecule has 3 amide bonds. The predicted octanol–water partition coefficient (Wildman–Crippen LogP) is 1.95. The van der Waals surface area contributed by atoms with Crippen molar-refractivity contribution >= 4 is 23.4 Å². The number of likely N-dealkylation sites (tertiary alicyclic amines) is 1. The molecule has 3 aliphatic rings. The molecule has 0 aromatic heterocycles. The van der Waals surface area contributed by atoms with Crippen LogP contribution >= 0.6 is 0 Å². The first-order chi connectivity index (χ1) is 13.1. The third kappa shape index (κ3) is 3.84. The number of amides is 3. The van der Waals surface area contributed by atoms with Crippen LogP contribution in [-0.2, 0) is 14.4 Å². The number of benzene rings is 1. The van der Waals surface area contributed by atoms with Gasteiger partial charge in [-0.2, -0.15) is 0 Å². The maximum Gasteiger partial charge on any atom is 0.227 e. The molecule has 0 unspecified atom stereocenters. The number of nitrogens with one attached hydrogen (secondary N) is 1. The van der Waals surface area contributed by atoms with Gasteiger partial charge in [-0.15, -0.1) is 0 Å². The second kappa shape index (κ2) is 7.71. The molecule has 1 saturated carbocycles. The molecular weight excluding hydrogens is 342 g/mol. The highest BCUT2D eigenvalue weighted by atomic mass is 16.2. The smallest absolute Gasteiger partial charge is 0.227 e. The van der Waals surface area contributed by atoms with Crippen molar-refractivity contribution in [1.82, 2.24) is 10.2 Å². The Balaban J connectivity index is 1.26. The van der Waals surface area contributed by atoms with E-state index in [4.69, 9.17) is 0 Å². The van der Waals surface area contributed by atoms with E-state index >= 15 is 0 Å². The molecule has 1 atom stereocenters. The fourth-order valence-corrected chi connectivity index (χ4v) is 4.22. The Kier molecular flexibility index (Phi) is 5.14. The van der Waals surface area contributed by atoms with Crippen molar-refractivity contribution in [3.63, 3.8) is 0 Å². The Bertz CT molecular complexity index is 709. The third-order valence-corrected chi connectivity index (χ3v) is 6.17. The lowest BCUT2D eigenvalue weighted by molar-refractivity contribution is -0.139. The number of anilines is 1. The second-order valence-electron chi connectivity index (χ2n) is 7.98. The first kappa shape index (κ1) is 18.0. The van der Waals surface area contributed by atoms with E-state index in [2.05, 4.69) is 5.32 Å². The summed E-state index contributed by atoms with van der Waals surface area (Å²) < 4.78 is 0. The molecule has 3 fully saturated rings. The first-order valence-electron chi connectivity index (χ1n) is 10.1. The first-order valence-corrected chi connectivity index (χ1v) is 10.1. The van der Waals surface area contributed by atoms with Gasteiger partial charge in [0.1, 0.15) is 0 Å². The maximum absolute atomic E-state index is 12.6. The summed E-state index contributed by atoms with van der Waals surface area (Å²) in [7, 11) is 0. The Labute approximate surface area is 159 Å². The van der Waals surface area contributed by atoms with Gasteiger partial charge in [0.05, 0.1) is 5.92 Å². The van der Waals surface area contributed by atoms with Gasteiger partial charge in [-0.1, -0.05) is 24.6 Å². The lowest BCUT2D eigenvalue weighted by atomic mass is 9.84. The zero-order valence-electron chi connectivity index (χ0n) is 15.6. The minimum atomic E-state index is -0.299. The van der Waals surface area contributed by atoms with E-state index in [0.29, 0.717) is 12.5 Å². The Hall–Kier alpha value is -2.37. The van der Waals surface area contributed by atoms with Crippen molar-refractivity contribution in [1.29, 1.82) is 0 Å². The zero-order chi connectivity index (χ0) is 18.8. The molecule has 1 aliphatic carbocycles. The van der Waals surface area contributed by atoms with E-state index < -0.39 is 0 Å². The lowest BCUT2D eigenvalue weighted by Gasteiger charge is -2.37. The molecule has 2 heterocycles. The minimum Gasteiger partial charge on any atom is -0.353 e. The van der Waals surface area contributed by atoms with Crippen molar-refractivity contribution < 1.29 is 14.4 Å². The quantitative estimate of drug-likeness (QED) is 0.882. The highest BCUT2D eigenvalue weighted by Gasteiger charge is 2.37. The Morgan fingerprint density at radius 3 is 2.30 bits per heavy atom. The molecule has 0 radical (unpaired) electrons. The summed E-state index contributed by atoms with van der Waals surface area (Å²) in [6.45, 7) is 1.88. The molecular formula is C21H27N3O3. The molecule has 1 aromatic carbocycles. The highest BCUT2D eigenvalue weighted by molar-refractivity contribution is 6.00. The van der Waals surface area contributed by atoms with Gasteiger partial charge in [-0.05, 0) is 37.8 Å². The van der Waals surface area contributed by atoms with Gasteiger partial charge in [-0.25, -0.2) is 0 Å². The molecule has 2 saturated heterocycles. The van der Waals surface area contributed by atoms with Gasteiger partial charge >= 0.3 is 0 Å². The van der Waals surface area contributed by atoms with E-state index in [1.165, 1.54) is 6.42 Å². The van der Waals surface area contributed by atoms with Gasteiger partial charge in [-0.3, -0.25) is 14.4 Å². The van der Waals surface area contributed by atoms with E-state index in [1.807, 2.05) is 35.2 Å². The highest BCUT2D eigenvalue weighted by Crippen LogP contribution is 2.29. The number of nitrogens with zero attached hydrogens (tertiary/aromatic N) is 2. The van der Waals surface area contributed by atoms with Gasteiger partial charge in [0.15, 0.2) is 0 Å². The van der Waals surface area contributed by atoms with Crippen molar-refractivity contribution in [2.45, 2.75) is 44.6 Å². The summed E-state index contributed by atoms with van der Waals surface area (Å²) >= 11 is 0. The number of hydrogen-bond acceptors (Lipinski definition) is 3. The molecule has 6 heteroatoms. The monoisotopic (exact) mass is 369 g/mol. The standard InChI is InChI=1S/C21H27N3O3/c25-19-13-16(14-24(19)18-7-2-1-3-8-18)20(26)22-17-9-11-23(12-10-17)21(27)15-5-4-6-15/h1-3,7-8,15-17H,4-6,9-14H2,(H,22,26)/t16-/m1/s1. The molecule has 27 heavy (non-hydrogen) atoms. The average molecular weight is 369 g/mol. The molecule has 0 bridgehead atoms. The Morgan fingerprint density at radius 1 is 0.963 bits per heavy atom. The van der Waals surface area contributed by atoms with Crippen molar-refractivity contribution in [2.75, 3.05) is 24.5 Å². The lowest BCUT2D eigenvalue weighted by Crippen LogP contribution is -2.49. The summed E-state index contributed by atoms with van der Waals surface area (Å²) in [5.41, 5.74) is 0.848. The van der Waals surface area contributed by atoms with Crippen LogP contribution in [0.1, 0.15) is 38.5 Å². The Morgan fingerprint density at radius 2 is 1.67 bits per heavy atom. The fraction of sp³-hybridized carbons (Fsp3) is 0.571. The number of rotatable bonds is 4. The molecule has 1 N–H and O–H groups in total. The zero-order valence-corrected chi connectivity index (χ0v) is 15.6. The van der Waals surface area contributed by atoms with Gasteiger partial charge < -0.3 is 15.1 Å². The van der Waals surface area contributed by atoms with Gasteiger partial charge in [0.25, 0.3) is 0 Å². The van der Waals surface area contributed by atoms with Crippen LogP contribution in [0.5, 0.6) is 0 Å². The summed E-state index contributed by atoms with van der Waals surface area (Å²) in [4.78, 5) is 40.9. The summed E-state index contributed by atoms with van der Waals surface area (Å²) in [5.74, 6) is 0.204. The summed E-state index contributed by atoms with van der Waals surface area (Å²) in [6.07, 6.45) is 5.09. The van der Waals surface area contributed by atoms with E-state index in [0.717, 1.165) is 44.5 Å². The van der Waals surface area contributed by atoms with Crippen LogP contribution in [0.4, 0.5) is 5.69 Å². The van der Waals surface area contributed by atoms with Crippen LogP contribution in [0.15, 0.2) is 30.3 Å². The average Bonchev–Trinajstić information content (AvgIpc) is 3.03. The molecule has 1 aromatic rings. The van der Waals surface area contributed by atoms with Crippen LogP contribution in [0.25, 0.3) is 0 Å². The van der Waals surface area contributed by atoms with E-state index in [-0.39, 0.29) is 36.1 Å². The number of piperidine rings is 1. The topological polar surface area (TPSA) is 69.7 Å². The van der Waals surface area contributed by atoms with Gasteiger partial charge in [0, 0.05) is 43.7 Å². The largest absolute Gasteiger partial charge is 0.353 e. The predicted molar refractivity (Wildman–Crippen MR) is 102 cm³/mol. The molecule has 144 valence electrons. The van der Waals surface area contributed by atoms with Crippen LogP contribution in [0.3, 0.4) is 0 Å². The van der Waals surface area contributed by atoms with Crippen LogP contribution in [0, 0.1) is 11.8 Å². The molecule has 2 aliphatic heterocycles. The normalized spacial score (nSPS) is 24.0. The summed E-state index contributed by atoms with van der Waals surface area (Å²) in [5, 5.41) is 3.11. The van der Waals surface area contributed by atoms with Crippen LogP contribution in [0.2, 0.25) is 0 Å². The SMILES string of the molecule is O=C(NC1CCN(C(=O)C2CCC2)CC1)[C@@H]1CC(=O)N(c2ccccc2)C1. The minimum absolute atomic E-state index is 0.00210.